The van der Waals surface area contributed by atoms with Gasteiger partial charge >= 0.3 is 12.2 Å². The molecule has 4 heterocycles. The van der Waals surface area contributed by atoms with Gasteiger partial charge in [0.05, 0.1) is 6.42 Å². The van der Waals surface area contributed by atoms with Crippen LogP contribution in [-0.2, 0) is 28.6 Å². The van der Waals surface area contributed by atoms with Crippen molar-refractivity contribution in [3.63, 3.8) is 0 Å². The number of amides is 2. The van der Waals surface area contributed by atoms with E-state index in [4.69, 9.17) is 4.42 Å². The van der Waals surface area contributed by atoms with Gasteiger partial charge in [-0.05, 0) is 36.1 Å². The number of rotatable bonds is 7. The molecule has 0 spiro atoms. The Morgan fingerprint density at radius 1 is 0.951 bits per heavy atom. The molecule has 3 aromatic rings. The quantitative estimate of drug-likeness (QED) is 0.311. The van der Waals surface area contributed by atoms with Gasteiger partial charge in [-0.3, -0.25) is 19.3 Å². The third-order valence-electron chi connectivity index (χ3n) is 7.12. The monoisotopic (exact) mass is 573 g/mol. The number of piperidine rings is 1. The summed E-state index contributed by atoms with van der Waals surface area (Å²) in [5.41, 5.74) is -0.740. The van der Waals surface area contributed by atoms with Gasteiger partial charge in [-0.25, -0.2) is 9.37 Å². The predicted molar refractivity (Wildman–Crippen MR) is 139 cm³/mol. The van der Waals surface area contributed by atoms with E-state index >= 15 is 0 Å². The van der Waals surface area contributed by atoms with Crippen LogP contribution in [0.1, 0.15) is 46.6 Å². The molecule has 0 radical (unpaired) electrons. The molecule has 41 heavy (non-hydrogen) atoms. The van der Waals surface area contributed by atoms with E-state index in [2.05, 4.69) is 9.97 Å². The van der Waals surface area contributed by atoms with Crippen LogP contribution in [0.3, 0.4) is 0 Å². The van der Waals surface area contributed by atoms with Crippen LogP contribution in [-0.4, -0.2) is 65.2 Å². The van der Waals surface area contributed by atoms with Crippen LogP contribution in [0.15, 0.2) is 47.0 Å². The van der Waals surface area contributed by atoms with Gasteiger partial charge in [-0.1, -0.05) is 24.3 Å². The molecular weight excluding hydrogens is 546 g/mol. The predicted octanol–water partition coefficient (Wildman–Crippen LogP) is 4.06. The Hall–Kier alpha value is -4.29. The number of nitrogens with zero attached hydrogens (tertiary/aromatic N) is 5. The minimum atomic E-state index is -4.94. The van der Waals surface area contributed by atoms with E-state index in [-0.39, 0.29) is 25.3 Å². The lowest BCUT2D eigenvalue weighted by atomic mass is 10.1. The fourth-order valence-electron chi connectivity index (χ4n) is 4.89. The first kappa shape index (κ1) is 28.2. The molecule has 0 atom stereocenters. The highest BCUT2D eigenvalue weighted by atomic mass is 19.4. The second-order valence-corrected chi connectivity index (χ2v) is 9.94. The minimum absolute atomic E-state index is 0.0231. The molecule has 1 aromatic carbocycles. The summed E-state index contributed by atoms with van der Waals surface area (Å²) in [5.74, 6) is -2.28. The van der Waals surface area contributed by atoms with Gasteiger partial charge in [0.15, 0.2) is 5.69 Å². The van der Waals surface area contributed by atoms with Crippen molar-refractivity contribution >= 4 is 29.4 Å². The SMILES string of the molecule is O=C(Cc1ccc(N2CCN(C(=O)Cc3ccccc3F)CC2)nc1)c1oc(N2CCCCC2=O)nc1C(F)(F)F. The fraction of sp³-hybridized carbons (Fsp3) is 0.393. The summed E-state index contributed by atoms with van der Waals surface area (Å²) < 4.78 is 60.1. The summed E-state index contributed by atoms with van der Waals surface area (Å²) in [6, 6.07) is 8.88. The summed E-state index contributed by atoms with van der Waals surface area (Å²) in [7, 11) is 0. The third-order valence-corrected chi connectivity index (χ3v) is 7.12. The molecule has 5 rings (SSSR count). The van der Waals surface area contributed by atoms with E-state index in [0.717, 1.165) is 4.90 Å². The van der Waals surface area contributed by atoms with E-state index < -0.39 is 47.6 Å². The summed E-state index contributed by atoms with van der Waals surface area (Å²) in [6.45, 7) is 1.98. The first-order chi connectivity index (χ1) is 19.6. The standard InChI is InChI=1S/C28H27F4N5O4/c29-20-6-2-1-5-19(20)16-24(40)36-13-11-35(12-14-36)22-9-8-18(17-33-22)15-21(38)25-26(28(30,31)32)34-27(41-25)37-10-4-3-7-23(37)39/h1-2,5-6,8-9,17H,3-4,7,10-16H2. The Kier molecular flexibility index (Phi) is 8.04. The number of ketones is 1. The molecular formula is C28H27F4N5O4. The number of Topliss-reactive ketones (excluding diaryl/α,β-unsaturated/α-hetero) is 1. The fourth-order valence-corrected chi connectivity index (χ4v) is 4.89. The minimum Gasteiger partial charge on any atom is -0.419 e. The maximum absolute atomic E-state index is 13.9. The van der Waals surface area contributed by atoms with Gasteiger partial charge in [-0.15, -0.1) is 0 Å². The van der Waals surface area contributed by atoms with Crippen molar-refractivity contribution in [1.82, 2.24) is 14.9 Å². The Labute approximate surface area is 232 Å². The molecule has 0 saturated carbocycles. The van der Waals surface area contributed by atoms with Gasteiger partial charge < -0.3 is 14.2 Å². The van der Waals surface area contributed by atoms with E-state index in [9.17, 15) is 31.9 Å². The van der Waals surface area contributed by atoms with Crippen LogP contribution < -0.4 is 9.80 Å². The maximum Gasteiger partial charge on any atom is 0.437 e. The molecule has 2 fully saturated rings. The normalized spacial score (nSPS) is 16.3. The number of piperazine rings is 1. The molecule has 0 unspecified atom stereocenters. The van der Waals surface area contributed by atoms with Crippen LogP contribution in [0.4, 0.5) is 29.4 Å². The Bertz CT molecular complexity index is 1430. The highest BCUT2D eigenvalue weighted by Crippen LogP contribution is 2.35. The van der Waals surface area contributed by atoms with Gasteiger partial charge in [0.2, 0.25) is 23.4 Å². The Morgan fingerprint density at radius 2 is 1.71 bits per heavy atom. The molecule has 9 nitrogen and oxygen atoms in total. The molecule has 2 amide bonds. The summed E-state index contributed by atoms with van der Waals surface area (Å²) in [4.78, 5) is 50.1. The molecule has 0 N–H and O–H groups in total. The number of alkyl halides is 3. The number of pyridine rings is 1. The number of hydrogen-bond donors (Lipinski definition) is 0. The van der Waals surface area contributed by atoms with Crippen LogP contribution in [0, 0.1) is 5.82 Å². The molecule has 2 aliphatic heterocycles. The second-order valence-electron chi connectivity index (χ2n) is 9.94. The van der Waals surface area contributed by atoms with Crippen molar-refractivity contribution in [1.29, 1.82) is 0 Å². The van der Waals surface area contributed by atoms with Gasteiger partial charge in [-0.2, -0.15) is 18.2 Å². The number of hydrogen-bond acceptors (Lipinski definition) is 7. The molecule has 2 aliphatic rings. The average molecular weight is 574 g/mol. The Balaban J connectivity index is 1.20. The second kappa shape index (κ2) is 11.7. The first-order valence-electron chi connectivity index (χ1n) is 13.2. The zero-order valence-corrected chi connectivity index (χ0v) is 22.0. The van der Waals surface area contributed by atoms with Crippen molar-refractivity contribution in [3.05, 3.63) is 71.0 Å². The summed E-state index contributed by atoms with van der Waals surface area (Å²) in [6.07, 6.45) is -2.57. The Morgan fingerprint density at radius 3 is 2.37 bits per heavy atom. The zero-order valence-electron chi connectivity index (χ0n) is 22.0. The third kappa shape index (κ3) is 6.39. The molecule has 2 saturated heterocycles. The van der Waals surface area contributed by atoms with Gasteiger partial charge in [0.1, 0.15) is 11.6 Å². The largest absolute Gasteiger partial charge is 0.437 e. The van der Waals surface area contributed by atoms with Crippen molar-refractivity contribution < 1.29 is 36.4 Å². The van der Waals surface area contributed by atoms with Crippen LogP contribution in [0.25, 0.3) is 0 Å². The molecule has 13 heteroatoms. The smallest absolute Gasteiger partial charge is 0.419 e. The number of aromatic nitrogens is 2. The highest BCUT2D eigenvalue weighted by Gasteiger charge is 2.42. The average Bonchev–Trinajstić information content (AvgIpc) is 3.42. The van der Waals surface area contributed by atoms with E-state index in [1.165, 1.54) is 12.3 Å². The van der Waals surface area contributed by atoms with E-state index in [0.29, 0.717) is 56.0 Å². The molecule has 0 bridgehead atoms. The van der Waals surface area contributed by atoms with Crippen molar-refractivity contribution in [2.75, 3.05) is 42.5 Å². The lowest BCUT2D eigenvalue weighted by Crippen LogP contribution is -2.49. The number of oxazole rings is 1. The number of benzene rings is 1. The molecule has 216 valence electrons. The zero-order chi connectivity index (χ0) is 29.1. The topological polar surface area (TPSA) is 99.9 Å². The molecule has 2 aromatic heterocycles. The first-order valence-corrected chi connectivity index (χ1v) is 13.2. The maximum atomic E-state index is 13.9. The van der Waals surface area contributed by atoms with Gasteiger partial charge in [0.25, 0.3) is 0 Å². The molecule has 0 aliphatic carbocycles. The summed E-state index contributed by atoms with van der Waals surface area (Å²) >= 11 is 0. The van der Waals surface area contributed by atoms with Crippen molar-refractivity contribution in [2.24, 2.45) is 0 Å². The van der Waals surface area contributed by atoms with Crippen LogP contribution >= 0.6 is 0 Å². The lowest BCUT2D eigenvalue weighted by molar-refractivity contribution is -0.141. The number of carbonyl (C=O) groups is 3. The van der Waals surface area contributed by atoms with E-state index in [1.54, 1.807) is 35.2 Å². The van der Waals surface area contributed by atoms with Crippen LogP contribution in [0.5, 0.6) is 0 Å². The van der Waals surface area contributed by atoms with Crippen molar-refractivity contribution in [2.45, 2.75) is 38.3 Å². The van der Waals surface area contributed by atoms with Crippen molar-refractivity contribution in [3.8, 4) is 0 Å². The summed E-state index contributed by atoms with van der Waals surface area (Å²) in [5, 5.41) is 0. The lowest BCUT2D eigenvalue weighted by Gasteiger charge is -2.35. The van der Waals surface area contributed by atoms with Crippen LogP contribution in [0.2, 0.25) is 0 Å². The van der Waals surface area contributed by atoms with Gasteiger partial charge in [0, 0.05) is 51.8 Å². The number of carbonyl (C=O) groups excluding carboxylic acids is 3. The number of anilines is 2. The highest BCUT2D eigenvalue weighted by molar-refractivity contribution is 5.97. The number of halogens is 4. The van der Waals surface area contributed by atoms with E-state index in [1.807, 2.05) is 4.90 Å².